The summed E-state index contributed by atoms with van der Waals surface area (Å²) in [5.41, 5.74) is 5.49. The summed E-state index contributed by atoms with van der Waals surface area (Å²) in [6.07, 6.45) is 0.436. The molecule has 5 unspecified atom stereocenters. The van der Waals surface area contributed by atoms with E-state index >= 15 is 0 Å². The molecule has 5 atom stereocenters. The maximum atomic E-state index is 9.13. The molecule has 0 aromatic carbocycles. The van der Waals surface area contributed by atoms with Crippen LogP contribution in [0.3, 0.4) is 0 Å². The highest BCUT2D eigenvalue weighted by molar-refractivity contribution is 5.73. The lowest BCUT2D eigenvalue weighted by Crippen LogP contribution is -2.48. The van der Waals surface area contributed by atoms with Gasteiger partial charge in [0.25, 0.3) is 6.02 Å². The van der Waals surface area contributed by atoms with E-state index in [1.165, 1.54) is 0 Å². The predicted octanol–water partition coefficient (Wildman–Crippen LogP) is -0.0473. The summed E-state index contributed by atoms with van der Waals surface area (Å²) in [4.78, 5) is 4.03. The highest BCUT2D eigenvalue weighted by Gasteiger charge is 2.44. The molecule has 6 heteroatoms. The van der Waals surface area contributed by atoms with Gasteiger partial charge in [0, 0.05) is 0 Å². The number of fused-ring (bicyclic) bond motifs is 1. The second kappa shape index (κ2) is 4.90. The zero-order valence-electron chi connectivity index (χ0n) is 10.1. The SMILES string of the molecule is CCC(C)C(C#N)NC1COC2N=C(N)OC12. The van der Waals surface area contributed by atoms with E-state index in [1.54, 1.807) is 0 Å². The number of aliphatic imine (C=N–C) groups is 1. The van der Waals surface area contributed by atoms with E-state index in [1.807, 2.05) is 0 Å². The molecule has 6 nitrogen and oxygen atoms in total. The summed E-state index contributed by atoms with van der Waals surface area (Å²) >= 11 is 0. The summed E-state index contributed by atoms with van der Waals surface area (Å²) < 4.78 is 10.8. The van der Waals surface area contributed by atoms with Gasteiger partial charge in [0.15, 0.2) is 12.3 Å². The molecule has 1 saturated heterocycles. The Morgan fingerprint density at radius 1 is 1.71 bits per heavy atom. The Morgan fingerprint density at radius 3 is 3.12 bits per heavy atom. The third-order valence-corrected chi connectivity index (χ3v) is 3.38. The van der Waals surface area contributed by atoms with Crippen LogP contribution in [0.2, 0.25) is 0 Å². The van der Waals surface area contributed by atoms with Gasteiger partial charge in [-0.2, -0.15) is 10.3 Å². The number of amidine groups is 1. The molecule has 2 heterocycles. The van der Waals surface area contributed by atoms with Gasteiger partial charge in [-0.15, -0.1) is 0 Å². The molecule has 0 saturated carbocycles. The van der Waals surface area contributed by atoms with Crippen LogP contribution in [0.15, 0.2) is 4.99 Å². The van der Waals surface area contributed by atoms with Crippen LogP contribution >= 0.6 is 0 Å². The molecular weight excluding hydrogens is 220 g/mol. The topological polar surface area (TPSA) is 92.7 Å². The third-order valence-electron chi connectivity index (χ3n) is 3.38. The van der Waals surface area contributed by atoms with Gasteiger partial charge in [-0.05, 0) is 5.92 Å². The molecule has 2 aliphatic heterocycles. The fourth-order valence-electron chi connectivity index (χ4n) is 2.08. The van der Waals surface area contributed by atoms with Crippen molar-refractivity contribution in [2.45, 2.75) is 44.7 Å². The maximum absolute atomic E-state index is 9.13. The molecule has 94 valence electrons. The fraction of sp³-hybridized carbons (Fsp3) is 0.818. The Kier molecular flexibility index (Phi) is 3.50. The summed E-state index contributed by atoms with van der Waals surface area (Å²) in [5, 5.41) is 12.4. The van der Waals surface area contributed by atoms with Crippen molar-refractivity contribution in [1.29, 1.82) is 5.26 Å². The standard InChI is InChI=1S/C11H18N4O2/c1-3-6(2)7(4-12)14-8-5-16-10-9(8)17-11(13)15-10/h6-10,14H,3,5H2,1-2H3,(H2,13,15). The molecule has 3 N–H and O–H groups in total. The Hall–Kier alpha value is -1.32. The molecule has 2 rings (SSSR count). The Morgan fingerprint density at radius 2 is 2.47 bits per heavy atom. The molecule has 17 heavy (non-hydrogen) atoms. The van der Waals surface area contributed by atoms with Crippen LogP contribution in [0.25, 0.3) is 0 Å². The number of nitrogens with zero attached hydrogens (tertiary/aromatic N) is 2. The number of nitriles is 1. The Bertz CT molecular complexity index is 352. The number of rotatable bonds is 4. The highest BCUT2D eigenvalue weighted by Crippen LogP contribution is 2.24. The van der Waals surface area contributed by atoms with Gasteiger partial charge in [0.1, 0.15) is 0 Å². The molecule has 0 radical (unpaired) electrons. The predicted molar refractivity (Wildman–Crippen MR) is 62.0 cm³/mol. The van der Waals surface area contributed by atoms with Crippen molar-refractivity contribution in [2.24, 2.45) is 16.6 Å². The number of hydrogen-bond donors (Lipinski definition) is 2. The lowest BCUT2D eigenvalue weighted by atomic mass is 9.99. The van der Waals surface area contributed by atoms with Crippen LogP contribution in [0.1, 0.15) is 20.3 Å². The Balaban J connectivity index is 1.95. The fourth-order valence-corrected chi connectivity index (χ4v) is 2.08. The smallest absolute Gasteiger partial charge is 0.285 e. The van der Waals surface area contributed by atoms with Gasteiger partial charge in [0.2, 0.25) is 0 Å². The van der Waals surface area contributed by atoms with Crippen molar-refractivity contribution in [3.05, 3.63) is 0 Å². The van der Waals surface area contributed by atoms with Crippen LogP contribution in [-0.4, -0.2) is 37.0 Å². The second-order valence-corrected chi connectivity index (χ2v) is 4.54. The van der Waals surface area contributed by atoms with E-state index in [0.29, 0.717) is 12.5 Å². The zero-order chi connectivity index (χ0) is 12.4. The minimum Gasteiger partial charge on any atom is -0.455 e. The average molecular weight is 238 g/mol. The van der Waals surface area contributed by atoms with Crippen LogP contribution in [0.4, 0.5) is 0 Å². The number of hydrogen-bond acceptors (Lipinski definition) is 6. The normalized spacial score (nSPS) is 34.4. The number of nitrogens with two attached hydrogens (primary N) is 1. The van der Waals surface area contributed by atoms with E-state index in [0.717, 1.165) is 6.42 Å². The summed E-state index contributed by atoms with van der Waals surface area (Å²) in [6.45, 7) is 4.62. The van der Waals surface area contributed by atoms with Crippen molar-refractivity contribution in [3.63, 3.8) is 0 Å². The molecule has 0 spiro atoms. The first-order valence-electron chi connectivity index (χ1n) is 5.93. The quantitative estimate of drug-likeness (QED) is 0.716. The lowest BCUT2D eigenvalue weighted by Gasteiger charge is -2.24. The van der Waals surface area contributed by atoms with Gasteiger partial charge < -0.3 is 15.2 Å². The summed E-state index contributed by atoms with van der Waals surface area (Å²) in [5.74, 6) is 0.290. The van der Waals surface area contributed by atoms with Crippen molar-refractivity contribution in [2.75, 3.05) is 6.61 Å². The number of nitrogens with one attached hydrogen (secondary N) is 1. The average Bonchev–Trinajstić information content (AvgIpc) is 2.85. The third kappa shape index (κ3) is 2.35. The minimum atomic E-state index is -0.316. The molecule has 2 aliphatic rings. The first-order valence-corrected chi connectivity index (χ1v) is 5.93. The summed E-state index contributed by atoms with van der Waals surface area (Å²) in [7, 11) is 0. The maximum Gasteiger partial charge on any atom is 0.285 e. The Labute approximate surface area is 101 Å². The monoisotopic (exact) mass is 238 g/mol. The zero-order valence-corrected chi connectivity index (χ0v) is 10.1. The highest BCUT2D eigenvalue weighted by atomic mass is 16.6. The van der Waals surface area contributed by atoms with Crippen molar-refractivity contribution < 1.29 is 9.47 Å². The molecule has 1 fully saturated rings. The van der Waals surface area contributed by atoms with Crippen LogP contribution in [0.5, 0.6) is 0 Å². The molecule has 0 amide bonds. The van der Waals surface area contributed by atoms with Gasteiger partial charge in [0.05, 0.1) is 24.8 Å². The van der Waals surface area contributed by atoms with Gasteiger partial charge in [-0.1, -0.05) is 20.3 Å². The molecule has 0 aromatic rings. The van der Waals surface area contributed by atoms with Crippen LogP contribution in [-0.2, 0) is 9.47 Å². The van der Waals surface area contributed by atoms with E-state index in [2.05, 4.69) is 30.2 Å². The van der Waals surface area contributed by atoms with Gasteiger partial charge >= 0.3 is 0 Å². The summed E-state index contributed by atoms with van der Waals surface area (Å²) in [6, 6.07) is 2.23. The van der Waals surface area contributed by atoms with Crippen molar-refractivity contribution in [1.82, 2.24) is 5.32 Å². The van der Waals surface area contributed by atoms with Crippen molar-refractivity contribution in [3.8, 4) is 6.07 Å². The molecule has 0 aliphatic carbocycles. The van der Waals surface area contributed by atoms with Crippen LogP contribution in [0, 0.1) is 17.2 Å². The van der Waals surface area contributed by atoms with Gasteiger partial charge in [-0.25, -0.2) is 0 Å². The largest absolute Gasteiger partial charge is 0.455 e. The molecule has 0 aromatic heterocycles. The van der Waals surface area contributed by atoms with E-state index in [-0.39, 0.29) is 30.4 Å². The van der Waals surface area contributed by atoms with E-state index < -0.39 is 0 Å². The lowest BCUT2D eigenvalue weighted by molar-refractivity contribution is 0.0793. The van der Waals surface area contributed by atoms with Gasteiger partial charge in [-0.3, -0.25) is 5.32 Å². The minimum absolute atomic E-state index is 0.0246. The first-order chi connectivity index (χ1) is 8.15. The van der Waals surface area contributed by atoms with E-state index in [9.17, 15) is 0 Å². The van der Waals surface area contributed by atoms with E-state index in [4.69, 9.17) is 20.5 Å². The number of ether oxygens (including phenoxy) is 2. The second-order valence-electron chi connectivity index (χ2n) is 4.54. The van der Waals surface area contributed by atoms with Crippen molar-refractivity contribution >= 4 is 6.02 Å². The molecule has 0 bridgehead atoms. The molecular formula is C11H18N4O2. The first kappa shape index (κ1) is 12.1. The van der Waals surface area contributed by atoms with Crippen LogP contribution < -0.4 is 11.1 Å².